The summed E-state index contributed by atoms with van der Waals surface area (Å²) in [5, 5.41) is 3.33. The Morgan fingerprint density at radius 2 is 1.83 bits per heavy atom. The number of nitrogens with one attached hydrogen (secondary N) is 1. The highest BCUT2D eigenvalue weighted by Gasteiger charge is 2.12. The van der Waals surface area contributed by atoms with E-state index in [0.717, 1.165) is 5.56 Å². The van der Waals surface area contributed by atoms with Crippen LogP contribution in [0.25, 0.3) is 0 Å². The number of aryl methyl sites for hydroxylation is 1. The summed E-state index contributed by atoms with van der Waals surface area (Å²) in [6.45, 7) is 1.88. The molecular formula is C16H17ClN6O. The summed E-state index contributed by atoms with van der Waals surface area (Å²) >= 11 is 6.06. The van der Waals surface area contributed by atoms with Gasteiger partial charge in [-0.2, -0.15) is 4.99 Å². The van der Waals surface area contributed by atoms with Gasteiger partial charge in [-0.3, -0.25) is 4.79 Å². The van der Waals surface area contributed by atoms with Gasteiger partial charge in [0.2, 0.25) is 5.96 Å². The Morgan fingerprint density at radius 3 is 2.50 bits per heavy atom. The van der Waals surface area contributed by atoms with Crippen molar-refractivity contribution in [2.45, 2.75) is 6.92 Å². The predicted molar refractivity (Wildman–Crippen MR) is 97.7 cm³/mol. The van der Waals surface area contributed by atoms with E-state index in [4.69, 9.17) is 28.8 Å². The molecular weight excluding hydrogens is 328 g/mol. The summed E-state index contributed by atoms with van der Waals surface area (Å²) < 4.78 is 0. The number of aliphatic imine (C=N–C) groups is 2. The first-order valence-corrected chi connectivity index (χ1v) is 7.35. The third-order valence-electron chi connectivity index (χ3n) is 3.06. The first kappa shape index (κ1) is 17.3. The zero-order valence-corrected chi connectivity index (χ0v) is 13.7. The van der Waals surface area contributed by atoms with Gasteiger partial charge in [0, 0.05) is 10.7 Å². The molecule has 7 nitrogen and oxygen atoms in total. The monoisotopic (exact) mass is 344 g/mol. The molecule has 8 heteroatoms. The van der Waals surface area contributed by atoms with Gasteiger partial charge in [-0.15, -0.1) is 0 Å². The van der Waals surface area contributed by atoms with E-state index in [2.05, 4.69) is 15.3 Å². The molecule has 0 saturated heterocycles. The number of benzene rings is 2. The second-order valence-corrected chi connectivity index (χ2v) is 5.35. The van der Waals surface area contributed by atoms with Crippen LogP contribution < -0.4 is 22.5 Å². The average Bonchev–Trinajstić information content (AvgIpc) is 2.50. The maximum Gasteiger partial charge on any atom is 0.257 e. The van der Waals surface area contributed by atoms with Crippen molar-refractivity contribution in [2.24, 2.45) is 27.2 Å². The Bertz CT molecular complexity index is 827. The molecule has 0 aliphatic carbocycles. The van der Waals surface area contributed by atoms with Crippen LogP contribution >= 0.6 is 11.6 Å². The smallest absolute Gasteiger partial charge is 0.257 e. The molecule has 2 aromatic carbocycles. The van der Waals surface area contributed by atoms with E-state index >= 15 is 0 Å². The van der Waals surface area contributed by atoms with E-state index in [1.807, 2.05) is 13.0 Å². The number of para-hydroxylation sites is 1. The predicted octanol–water partition coefficient (Wildman–Crippen LogP) is 2.12. The van der Waals surface area contributed by atoms with E-state index in [1.54, 1.807) is 36.4 Å². The number of halogens is 1. The minimum Gasteiger partial charge on any atom is -0.370 e. The van der Waals surface area contributed by atoms with Gasteiger partial charge in [-0.05, 0) is 36.8 Å². The topological polar surface area (TPSA) is 132 Å². The number of nitrogens with zero attached hydrogens (tertiary/aromatic N) is 2. The Kier molecular flexibility index (Phi) is 5.39. The minimum atomic E-state index is -0.355. The highest BCUT2D eigenvalue weighted by atomic mass is 35.5. The van der Waals surface area contributed by atoms with Crippen LogP contribution in [-0.4, -0.2) is 17.8 Å². The maximum absolute atomic E-state index is 12.5. The quantitative estimate of drug-likeness (QED) is 0.501. The molecule has 0 spiro atoms. The van der Waals surface area contributed by atoms with Crippen molar-refractivity contribution in [1.82, 2.24) is 0 Å². The highest BCUT2D eigenvalue weighted by Crippen LogP contribution is 2.23. The molecule has 0 saturated carbocycles. The Labute approximate surface area is 144 Å². The van der Waals surface area contributed by atoms with Crippen LogP contribution in [0.1, 0.15) is 15.9 Å². The van der Waals surface area contributed by atoms with E-state index in [-0.39, 0.29) is 17.8 Å². The number of carbonyl (C=O) groups is 1. The molecule has 2 aromatic rings. The van der Waals surface area contributed by atoms with Crippen LogP contribution in [0.5, 0.6) is 0 Å². The number of hydrogen-bond acceptors (Lipinski definition) is 2. The molecule has 0 aromatic heterocycles. The van der Waals surface area contributed by atoms with Gasteiger partial charge >= 0.3 is 0 Å². The highest BCUT2D eigenvalue weighted by molar-refractivity contribution is 6.31. The standard InChI is InChI=1S/C16H17ClN6O/c1-9-6-7-10(8-12(9)17)21-14(24)11-4-2-3-5-13(11)22-16(20)23-15(18)19/h2-8H,1H3,(H,21,24)(H6,18,19,20,22,23). The molecule has 0 bridgehead atoms. The normalized spacial score (nSPS) is 11.0. The molecule has 0 fully saturated rings. The molecule has 24 heavy (non-hydrogen) atoms. The Hall–Kier alpha value is -3.06. The van der Waals surface area contributed by atoms with Gasteiger partial charge in [0.05, 0.1) is 11.3 Å². The van der Waals surface area contributed by atoms with E-state index in [9.17, 15) is 4.79 Å². The van der Waals surface area contributed by atoms with Crippen molar-refractivity contribution < 1.29 is 4.79 Å². The summed E-state index contributed by atoms with van der Waals surface area (Å²) in [6, 6.07) is 11.9. The fraction of sp³-hybridized carbons (Fsp3) is 0.0625. The SMILES string of the molecule is Cc1ccc(NC(=O)c2ccccc2N=C(N)N=C(N)N)cc1Cl. The number of anilines is 1. The first-order chi connectivity index (χ1) is 11.4. The number of carbonyl (C=O) groups excluding carboxylic acids is 1. The summed E-state index contributed by atoms with van der Waals surface area (Å²) in [5.74, 6) is -0.715. The van der Waals surface area contributed by atoms with Gasteiger partial charge in [0.1, 0.15) is 0 Å². The van der Waals surface area contributed by atoms with Crippen molar-refractivity contribution in [3.63, 3.8) is 0 Å². The van der Waals surface area contributed by atoms with Crippen molar-refractivity contribution in [3.05, 3.63) is 58.6 Å². The molecule has 2 rings (SSSR count). The van der Waals surface area contributed by atoms with E-state index < -0.39 is 0 Å². The Balaban J connectivity index is 2.30. The van der Waals surface area contributed by atoms with Crippen molar-refractivity contribution >= 4 is 40.8 Å². The van der Waals surface area contributed by atoms with Crippen LogP contribution in [-0.2, 0) is 0 Å². The third kappa shape index (κ3) is 4.47. The van der Waals surface area contributed by atoms with Crippen LogP contribution in [0, 0.1) is 6.92 Å². The number of amides is 1. The molecule has 7 N–H and O–H groups in total. The first-order valence-electron chi connectivity index (χ1n) is 6.97. The summed E-state index contributed by atoms with van der Waals surface area (Å²) in [6.07, 6.45) is 0. The summed E-state index contributed by atoms with van der Waals surface area (Å²) in [4.78, 5) is 20.2. The summed E-state index contributed by atoms with van der Waals surface area (Å²) in [5.41, 5.74) is 18.3. The van der Waals surface area contributed by atoms with Crippen molar-refractivity contribution in [2.75, 3.05) is 5.32 Å². The van der Waals surface area contributed by atoms with Gasteiger partial charge < -0.3 is 22.5 Å². The molecule has 0 unspecified atom stereocenters. The number of rotatable bonds is 3. The molecule has 0 aliphatic rings. The lowest BCUT2D eigenvalue weighted by molar-refractivity contribution is 0.102. The Morgan fingerprint density at radius 1 is 1.12 bits per heavy atom. The van der Waals surface area contributed by atoms with E-state index in [0.29, 0.717) is 22.0 Å². The van der Waals surface area contributed by atoms with Gasteiger partial charge in [-0.1, -0.05) is 29.8 Å². The molecule has 0 heterocycles. The lowest BCUT2D eigenvalue weighted by Gasteiger charge is -2.09. The average molecular weight is 345 g/mol. The van der Waals surface area contributed by atoms with Crippen molar-refractivity contribution in [1.29, 1.82) is 0 Å². The van der Waals surface area contributed by atoms with Gasteiger partial charge in [0.25, 0.3) is 5.91 Å². The van der Waals surface area contributed by atoms with Crippen LogP contribution in [0.4, 0.5) is 11.4 Å². The van der Waals surface area contributed by atoms with Gasteiger partial charge in [0.15, 0.2) is 5.96 Å². The number of nitrogens with two attached hydrogens (primary N) is 3. The molecule has 0 atom stereocenters. The molecule has 0 radical (unpaired) electrons. The van der Waals surface area contributed by atoms with Crippen LogP contribution in [0.3, 0.4) is 0 Å². The van der Waals surface area contributed by atoms with Crippen LogP contribution in [0.15, 0.2) is 52.4 Å². The maximum atomic E-state index is 12.5. The second kappa shape index (κ2) is 7.47. The zero-order valence-electron chi connectivity index (χ0n) is 13.0. The zero-order chi connectivity index (χ0) is 17.7. The molecule has 0 aliphatic heterocycles. The number of hydrogen-bond donors (Lipinski definition) is 4. The molecule has 124 valence electrons. The van der Waals surface area contributed by atoms with E-state index in [1.165, 1.54) is 0 Å². The largest absolute Gasteiger partial charge is 0.370 e. The van der Waals surface area contributed by atoms with Crippen LogP contribution in [0.2, 0.25) is 5.02 Å². The fourth-order valence-corrected chi connectivity index (χ4v) is 2.09. The lowest BCUT2D eigenvalue weighted by atomic mass is 10.1. The van der Waals surface area contributed by atoms with Crippen molar-refractivity contribution in [3.8, 4) is 0 Å². The third-order valence-corrected chi connectivity index (χ3v) is 3.46. The van der Waals surface area contributed by atoms with Gasteiger partial charge in [-0.25, -0.2) is 4.99 Å². The summed E-state index contributed by atoms with van der Waals surface area (Å²) in [7, 11) is 0. The second-order valence-electron chi connectivity index (χ2n) is 4.94. The number of guanidine groups is 2. The lowest BCUT2D eigenvalue weighted by Crippen LogP contribution is -2.26. The minimum absolute atomic E-state index is 0.145. The molecule has 1 amide bonds. The fourth-order valence-electron chi connectivity index (χ4n) is 1.91.